The minimum absolute atomic E-state index is 0.0352. The van der Waals surface area contributed by atoms with Crippen molar-refractivity contribution in [3.63, 3.8) is 0 Å². The number of ketones is 1. The zero-order valence-corrected chi connectivity index (χ0v) is 27.0. The van der Waals surface area contributed by atoms with Gasteiger partial charge in [-0.25, -0.2) is 21.1 Å². The van der Waals surface area contributed by atoms with Crippen LogP contribution >= 0.6 is 23.2 Å². The van der Waals surface area contributed by atoms with Crippen LogP contribution in [-0.4, -0.2) is 89.5 Å². The number of likely N-dealkylation sites (tertiary alicyclic amines) is 1. The number of Topliss-reactive ketones (excluding diaryl/α,β-unsaturated/α-hetero) is 1. The van der Waals surface area contributed by atoms with Crippen molar-refractivity contribution in [1.82, 2.24) is 9.21 Å². The Bertz CT molecular complexity index is 1500. The molecule has 4 rings (SSSR count). The molecule has 13 heteroatoms. The lowest BCUT2D eigenvalue weighted by molar-refractivity contribution is -0.123. The fourth-order valence-corrected chi connectivity index (χ4v) is 7.44. The first kappa shape index (κ1) is 32.9. The maximum atomic E-state index is 13.7. The largest absolute Gasteiger partial charge is 0.312 e. The summed E-state index contributed by atoms with van der Waals surface area (Å²) >= 11 is 12.4. The van der Waals surface area contributed by atoms with Gasteiger partial charge in [-0.3, -0.25) is 9.59 Å². The van der Waals surface area contributed by atoms with Crippen LogP contribution in [0.25, 0.3) is 0 Å². The van der Waals surface area contributed by atoms with E-state index in [0.717, 1.165) is 25.9 Å². The molecule has 1 amide bonds. The Balaban J connectivity index is 1.33. The lowest BCUT2D eigenvalue weighted by atomic mass is 9.89. The fourth-order valence-electron chi connectivity index (χ4n) is 5.65. The standard InChI is InChI=1S/C29H37Cl2N3O6S2/c1-41(37,38)25-7-4-21(5-8-25)28(35)22-10-16-32(17-11-22)14-3-15-34(24-6-9-26(30)27(31)20-24)29(36)23-12-18-33(19-13-23)42(2,39)40/h4-9,20,22-23H,3,10-19H2,1-2H3. The number of rotatable bonds is 10. The van der Waals surface area contributed by atoms with Crippen LogP contribution in [0.4, 0.5) is 5.69 Å². The highest BCUT2D eigenvalue weighted by atomic mass is 35.5. The van der Waals surface area contributed by atoms with Crippen LogP contribution in [0.1, 0.15) is 42.5 Å². The van der Waals surface area contributed by atoms with Crippen molar-refractivity contribution in [1.29, 1.82) is 0 Å². The van der Waals surface area contributed by atoms with Gasteiger partial charge in [0.2, 0.25) is 15.9 Å². The molecule has 0 spiro atoms. The molecular formula is C29H37Cl2N3O6S2. The maximum Gasteiger partial charge on any atom is 0.230 e. The summed E-state index contributed by atoms with van der Waals surface area (Å²) in [5, 5.41) is 0.759. The third-order valence-corrected chi connectivity index (χ3v) is 11.3. The van der Waals surface area contributed by atoms with Crippen molar-refractivity contribution in [2.45, 2.75) is 37.0 Å². The van der Waals surface area contributed by atoms with E-state index in [1.165, 1.54) is 22.7 Å². The van der Waals surface area contributed by atoms with Gasteiger partial charge in [-0.1, -0.05) is 35.3 Å². The van der Waals surface area contributed by atoms with Gasteiger partial charge in [-0.15, -0.1) is 0 Å². The summed E-state index contributed by atoms with van der Waals surface area (Å²) in [6, 6.07) is 11.3. The lowest BCUT2D eigenvalue weighted by Crippen LogP contribution is -2.45. The molecule has 0 atom stereocenters. The van der Waals surface area contributed by atoms with Crippen molar-refractivity contribution in [2.75, 3.05) is 56.7 Å². The Morgan fingerprint density at radius 3 is 1.98 bits per heavy atom. The number of hydrogen-bond acceptors (Lipinski definition) is 7. The molecule has 0 N–H and O–H groups in total. The molecule has 2 fully saturated rings. The SMILES string of the molecule is CS(=O)(=O)c1ccc(C(=O)C2CCN(CCCN(C(=O)C3CCN(S(C)(=O)=O)CC3)c3ccc(Cl)c(Cl)c3)CC2)cc1. The average molecular weight is 659 g/mol. The van der Waals surface area contributed by atoms with Crippen LogP contribution < -0.4 is 4.90 Å². The predicted molar refractivity (Wildman–Crippen MR) is 166 cm³/mol. The molecule has 0 unspecified atom stereocenters. The molecule has 230 valence electrons. The quantitative estimate of drug-likeness (QED) is 0.349. The number of piperidine rings is 2. The zero-order chi connectivity index (χ0) is 30.7. The molecule has 2 heterocycles. The van der Waals surface area contributed by atoms with Gasteiger partial charge in [0, 0.05) is 49.0 Å². The van der Waals surface area contributed by atoms with Crippen molar-refractivity contribution < 1.29 is 26.4 Å². The van der Waals surface area contributed by atoms with Crippen molar-refractivity contribution in [2.24, 2.45) is 11.8 Å². The van der Waals surface area contributed by atoms with Gasteiger partial charge in [-0.2, -0.15) is 0 Å². The van der Waals surface area contributed by atoms with Crippen LogP contribution in [-0.2, 0) is 24.7 Å². The number of benzene rings is 2. The van der Waals surface area contributed by atoms with E-state index in [-0.39, 0.29) is 28.4 Å². The molecule has 42 heavy (non-hydrogen) atoms. The number of halogens is 2. The normalized spacial score (nSPS) is 18.2. The predicted octanol–water partition coefficient (Wildman–Crippen LogP) is 4.39. The summed E-state index contributed by atoms with van der Waals surface area (Å²) in [5.41, 5.74) is 1.19. The molecule has 0 aliphatic carbocycles. The van der Waals surface area contributed by atoms with Gasteiger partial charge in [0.25, 0.3) is 0 Å². The van der Waals surface area contributed by atoms with Gasteiger partial charge in [0.1, 0.15) is 0 Å². The monoisotopic (exact) mass is 657 g/mol. The number of amides is 1. The highest BCUT2D eigenvalue weighted by Crippen LogP contribution is 2.30. The smallest absolute Gasteiger partial charge is 0.230 e. The van der Waals surface area contributed by atoms with E-state index < -0.39 is 19.9 Å². The molecule has 0 aromatic heterocycles. The van der Waals surface area contributed by atoms with Crippen molar-refractivity contribution >= 4 is 60.4 Å². The van der Waals surface area contributed by atoms with Gasteiger partial charge < -0.3 is 9.80 Å². The number of carbonyl (C=O) groups is 2. The lowest BCUT2D eigenvalue weighted by Gasteiger charge is -2.34. The second kappa shape index (κ2) is 13.7. The fraction of sp³-hybridized carbons (Fsp3) is 0.517. The number of nitrogens with zero attached hydrogens (tertiary/aromatic N) is 3. The van der Waals surface area contributed by atoms with E-state index in [4.69, 9.17) is 23.2 Å². The Morgan fingerprint density at radius 1 is 0.833 bits per heavy atom. The maximum absolute atomic E-state index is 13.7. The van der Waals surface area contributed by atoms with Gasteiger partial charge >= 0.3 is 0 Å². The Hall–Kier alpha value is -2.02. The van der Waals surface area contributed by atoms with Gasteiger partial charge in [0.15, 0.2) is 15.6 Å². The Labute approximate surface area is 258 Å². The number of carbonyl (C=O) groups excluding carboxylic acids is 2. The Morgan fingerprint density at radius 2 is 1.43 bits per heavy atom. The molecule has 2 aromatic rings. The van der Waals surface area contributed by atoms with E-state index in [1.54, 1.807) is 35.2 Å². The van der Waals surface area contributed by atoms with Gasteiger partial charge in [-0.05, 0) is 82.1 Å². The molecule has 0 saturated carbocycles. The van der Waals surface area contributed by atoms with Crippen LogP contribution in [0, 0.1) is 11.8 Å². The van der Waals surface area contributed by atoms with Crippen LogP contribution in [0.15, 0.2) is 47.4 Å². The third-order valence-electron chi connectivity index (χ3n) is 8.13. The summed E-state index contributed by atoms with van der Waals surface area (Å²) in [6.07, 6.45) is 5.38. The Kier molecular flexibility index (Phi) is 10.8. The highest BCUT2D eigenvalue weighted by Gasteiger charge is 2.32. The molecule has 2 aliphatic heterocycles. The molecule has 2 aromatic carbocycles. The minimum atomic E-state index is -3.31. The molecule has 2 saturated heterocycles. The van der Waals surface area contributed by atoms with Crippen molar-refractivity contribution in [3.05, 3.63) is 58.1 Å². The zero-order valence-electron chi connectivity index (χ0n) is 23.8. The highest BCUT2D eigenvalue weighted by molar-refractivity contribution is 7.90. The summed E-state index contributed by atoms with van der Waals surface area (Å²) in [6.45, 7) is 3.36. The van der Waals surface area contributed by atoms with E-state index in [1.807, 2.05) is 0 Å². The summed E-state index contributed by atoms with van der Waals surface area (Å²) in [7, 11) is -6.60. The summed E-state index contributed by atoms with van der Waals surface area (Å²) < 4.78 is 48.7. The first-order valence-electron chi connectivity index (χ1n) is 14.0. The van der Waals surface area contributed by atoms with E-state index >= 15 is 0 Å². The number of sulfonamides is 1. The summed E-state index contributed by atoms with van der Waals surface area (Å²) in [4.78, 5) is 30.9. The number of anilines is 1. The van der Waals surface area contributed by atoms with E-state index in [9.17, 15) is 26.4 Å². The van der Waals surface area contributed by atoms with E-state index in [0.29, 0.717) is 73.0 Å². The van der Waals surface area contributed by atoms with E-state index in [2.05, 4.69) is 4.90 Å². The van der Waals surface area contributed by atoms with Crippen LogP contribution in [0.2, 0.25) is 10.0 Å². The number of hydrogen-bond donors (Lipinski definition) is 0. The van der Waals surface area contributed by atoms with Gasteiger partial charge in [0.05, 0.1) is 21.2 Å². The van der Waals surface area contributed by atoms with Crippen molar-refractivity contribution in [3.8, 4) is 0 Å². The minimum Gasteiger partial charge on any atom is -0.312 e. The third kappa shape index (κ3) is 8.33. The second-order valence-electron chi connectivity index (χ2n) is 11.2. The summed E-state index contributed by atoms with van der Waals surface area (Å²) in [5.74, 6) is -0.413. The first-order valence-corrected chi connectivity index (χ1v) is 18.5. The van der Waals surface area contributed by atoms with Crippen LogP contribution in [0.5, 0.6) is 0 Å². The molecule has 0 radical (unpaired) electrons. The molecule has 0 bridgehead atoms. The molecule has 9 nitrogen and oxygen atoms in total. The molecule has 2 aliphatic rings. The topological polar surface area (TPSA) is 112 Å². The first-order chi connectivity index (χ1) is 19.7. The second-order valence-corrected chi connectivity index (χ2v) is 16.0. The average Bonchev–Trinajstić information content (AvgIpc) is 2.96. The number of sulfone groups is 1. The molecular weight excluding hydrogens is 621 g/mol. The van der Waals surface area contributed by atoms with Crippen LogP contribution in [0.3, 0.4) is 0 Å².